The first-order chi connectivity index (χ1) is 10.4. The molecule has 2 rings (SSSR count). The van der Waals surface area contributed by atoms with Crippen molar-refractivity contribution in [1.82, 2.24) is 10.2 Å². The minimum atomic E-state index is -0.404. The zero-order chi connectivity index (χ0) is 16.0. The van der Waals surface area contributed by atoms with Crippen LogP contribution in [0.5, 0.6) is 0 Å². The van der Waals surface area contributed by atoms with Crippen molar-refractivity contribution >= 4 is 6.09 Å². The zero-order valence-corrected chi connectivity index (χ0v) is 14.4. The Balaban J connectivity index is 1.62. The van der Waals surface area contributed by atoms with Gasteiger partial charge in [0.15, 0.2) is 0 Å². The van der Waals surface area contributed by atoms with Gasteiger partial charge in [-0.3, -0.25) is 0 Å². The van der Waals surface area contributed by atoms with E-state index >= 15 is 0 Å². The van der Waals surface area contributed by atoms with E-state index in [9.17, 15) is 4.79 Å². The average molecular weight is 312 g/mol. The molecule has 1 N–H and O–H groups in total. The molecule has 2 aliphatic rings. The highest BCUT2D eigenvalue weighted by Crippen LogP contribution is 2.21. The third-order valence-corrected chi connectivity index (χ3v) is 4.38. The summed E-state index contributed by atoms with van der Waals surface area (Å²) in [5.41, 5.74) is -0.404. The van der Waals surface area contributed by atoms with Gasteiger partial charge in [-0.25, -0.2) is 4.79 Å². The second-order valence-electron chi connectivity index (χ2n) is 7.56. The molecular formula is C17H32N2O3. The molecule has 0 aromatic rings. The van der Waals surface area contributed by atoms with Crippen molar-refractivity contribution in [3.8, 4) is 0 Å². The van der Waals surface area contributed by atoms with Crippen LogP contribution < -0.4 is 5.32 Å². The van der Waals surface area contributed by atoms with Gasteiger partial charge in [-0.1, -0.05) is 0 Å². The summed E-state index contributed by atoms with van der Waals surface area (Å²) in [5, 5.41) is 3.66. The van der Waals surface area contributed by atoms with Crippen LogP contribution in [0.2, 0.25) is 0 Å². The van der Waals surface area contributed by atoms with Crippen LogP contribution in [0.1, 0.15) is 52.9 Å². The van der Waals surface area contributed by atoms with E-state index in [1.165, 1.54) is 6.42 Å². The van der Waals surface area contributed by atoms with Gasteiger partial charge in [0.25, 0.3) is 0 Å². The molecule has 128 valence electrons. The number of carbonyl (C=O) groups excluding carboxylic acids is 1. The molecule has 0 aromatic carbocycles. The summed E-state index contributed by atoms with van der Waals surface area (Å²) < 4.78 is 10.9. The summed E-state index contributed by atoms with van der Waals surface area (Å²) >= 11 is 0. The molecule has 5 nitrogen and oxygen atoms in total. The molecule has 5 heteroatoms. The fraction of sp³-hybridized carbons (Fsp3) is 0.941. The number of carbonyl (C=O) groups is 1. The van der Waals surface area contributed by atoms with E-state index in [-0.39, 0.29) is 6.09 Å². The Morgan fingerprint density at radius 1 is 1.27 bits per heavy atom. The van der Waals surface area contributed by atoms with Gasteiger partial charge in [0, 0.05) is 32.3 Å². The minimum absolute atomic E-state index is 0.163. The summed E-state index contributed by atoms with van der Waals surface area (Å²) in [6, 6.07) is 0.603. The first kappa shape index (κ1) is 17.5. The van der Waals surface area contributed by atoms with E-state index in [1.54, 1.807) is 0 Å². The Kier molecular flexibility index (Phi) is 6.50. The maximum atomic E-state index is 12.0. The molecule has 2 saturated heterocycles. The van der Waals surface area contributed by atoms with E-state index in [0.717, 1.165) is 58.5 Å². The van der Waals surface area contributed by atoms with E-state index in [0.29, 0.717) is 12.0 Å². The average Bonchev–Trinajstić information content (AvgIpc) is 2.74. The molecule has 0 saturated carbocycles. The SMILES string of the molecule is CC(C)(C)OC(=O)N1CCC(CCNC2CCCOCC2)C1. The number of likely N-dealkylation sites (tertiary alicyclic amines) is 1. The lowest BCUT2D eigenvalue weighted by Crippen LogP contribution is -2.35. The number of nitrogens with zero attached hydrogens (tertiary/aromatic N) is 1. The van der Waals surface area contributed by atoms with Crippen LogP contribution in [0.25, 0.3) is 0 Å². The van der Waals surface area contributed by atoms with Gasteiger partial charge in [-0.2, -0.15) is 0 Å². The second kappa shape index (κ2) is 8.16. The number of rotatable bonds is 4. The van der Waals surface area contributed by atoms with Crippen LogP contribution in [0.4, 0.5) is 4.79 Å². The van der Waals surface area contributed by atoms with Gasteiger partial charge < -0.3 is 19.7 Å². The van der Waals surface area contributed by atoms with Crippen molar-refractivity contribution in [2.24, 2.45) is 5.92 Å². The van der Waals surface area contributed by atoms with Crippen LogP contribution >= 0.6 is 0 Å². The standard InChI is InChI=1S/C17H32N2O3/c1-17(2,3)22-16(20)19-10-7-14(13-19)6-9-18-15-5-4-11-21-12-8-15/h14-15,18H,4-13H2,1-3H3. The van der Waals surface area contributed by atoms with E-state index < -0.39 is 5.60 Å². The molecule has 0 radical (unpaired) electrons. The van der Waals surface area contributed by atoms with E-state index in [2.05, 4.69) is 5.32 Å². The highest BCUT2D eigenvalue weighted by atomic mass is 16.6. The Hall–Kier alpha value is -0.810. The van der Waals surface area contributed by atoms with Gasteiger partial charge >= 0.3 is 6.09 Å². The van der Waals surface area contributed by atoms with Gasteiger partial charge in [-0.05, 0) is 65.3 Å². The molecule has 1 amide bonds. The van der Waals surface area contributed by atoms with Crippen molar-refractivity contribution in [2.45, 2.75) is 64.5 Å². The van der Waals surface area contributed by atoms with E-state index in [4.69, 9.17) is 9.47 Å². The summed E-state index contributed by atoms with van der Waals surface area (Å²) in [6.07, 6.45) is 5.56. The largest absolute Gasteiger partial charge is 0.444 e. The third kappa shape index (κ3) is 6.13. The maximum absolute atomic E-state index is 12.0. The number of nitrogens with one attached hydrogen (secondary N) is 1. The first-order valence-electron chi connectivity index (χ1n) is 8.73. The molecule has 2 atom stereocenters. The normalized spacial score (nSPS) is 26.8. The Labute approximate surface area is 134 Å². The van der Waals surface area contributed by atoms with Crippen LogP contribution in [-0.4, -0.2) is 55.5 Å². The van der Waals surface area contributed by atoms with Crippen molar-refractivity contribution in [3.05, 3.63) is 0 Å². The van der Waals surface area contributed by atoms with Crippen molar-refractivity contribution in [2.75, 3.05) is 32.8 Å². The molecule has 0 aliphatic carbocycles. The third-order valence-electron chi connectivity index (χ3n) is 4.38. The van der Waals surface area contributed by atoms with Crippen molar-refractivity contribution < 1.29 is 14.3 Å². The van der Waals surface area contributed by atoms with Gasteiger partial charge in [0.1, 0.15) is 5.60 Å². The number of hydrogen-bond acceptors (Lipinski definition) is 4. The molecule has 2 unspecified atom stereocenters. The fourth-order valence-corrected chi connectivity index (χ4v) is 3.16. The quantitative estimate of drug-likeness (QED) is 0.867. The second-order valence-corrected chi connectivity index (χ2v) is 7.56. The lowest BCUT2D eigenvalue weighted by Gasteiger charge is -2.24. The summed E-state index contributed by atoms with van der Waals surface area (Å²) in [4.78, 5) is 13.9. The molecule has 22 heavy (non-hydrogen) atoms. The lowest BCUT2D eigenvalue weighted by atomic mass is 10.0. The highest BCUT2D eigenvalue weighted by Gasteiger charge is 2.29. The van der Waals surface area contributed by atoms with Gasteiger partial charge in [0.2, 0.25) is 0 Å². The number of ether oxygens (including phenoxy) is 2. The lowest BCUT2D eigenvalue weighted by molar-refractivity contribution is 0.0287. The Bertz CT molecular complexity index is 346. The molecule has 0 aromatic heterocycles. The van der Waals surface area contributed by atoms with Crippen molar-refractivity contribution in [1.29, 1.82) is 0 Å². The molecular weight excluding hydrogens is 280 g/mol. The topological polar surface area (TPSA) is 50.8 Å². The molecule has 2 heterocycles. The number of amides is 1. The highest BCUT2D eigenvalue weighted by molar-refractivity contribution is 5.68. The monoisotopic (exact) mass is 312 g/mol. The molecule has 2 aliphatic heterocycles. The predicted octanol–water partition coefficient (Wildman–Crippen LogP) is 2.79. The predicted molar refractivity (Wildman–Crippen MR) is 87.0 cm³/mol. The Morgan fingerprint density at radius 3 is 2.86 bits per heavy atom. The summed E-state index contributed by atoms with van der Waals surface area (Å²) in [7, 11) is 0. The van der Waals surface area contributed by atoms with Crippen LogP contribution in [-0.2, 0) is 9.47 Å². The van der Waals surface area contributed by atoms with Crippen LogP contribution in [0.15, 0.2) is 0 Å². The Morgan fingerprint density at radius 2 is 2.09 bits per heavy atom. The molecule has 2 fully saturated rings. The summed E-state index contributed by atoms with van der Waals surface area (Å²) in [6.45, 7) is 10.2. The number of hydrogen-bond donors (Lipinski definition) is 1. The van der Waals surface area contributed by atoms with Crippen LogP contribution in [0, 0.1) is 5.92 Å². The fourth-order valence-electron chi connectivity index (χ4n) is 3.16. The zero-order valence-electron chi connectivity index (χ0n) is 14.4. The van der Waals surface area contributed by atoms with Gasteiger partial charge in [-0.15, -0.1) is 0 Å². The molecule has 0 bridgehead atoms. The van der Waals surface area contributed by atoms with Crippen LogP contribution in [0.3, 0.4) is 0 Å². The summed E-state index contributed by atoms with van der Waals surface area (Å²) in [5.74, 6) is 0.599. The van der Waals surface area contributed by atoms with Gasteiger partial charge in [0.05, 0.1) is 0 Å². The molecule has 0 spiro atoms. The van der Waals surface area contributed by atoms with Crippen molar-refractivity contribution in [3.63, 3.8) is 0 Å². The first-order valence-corrected chi connectivity index (χ1v) is 8.73. The smallest absolute Gasteiger partial charge is 0.410 e. The maximum Gasteiger partial charge on any atom is 0.410 e. The van der Waals surface area contributed by atoms with E-state index in [1.807, 2.05) is 25.7 Å². The minimum Gasteiger partial charge on any atom is -0.444 e.